The van der Waals surface area contributed by atoms with Crippen LogP contribution in [0.3, 0.4) is 0 Å². The molecule has 0 radical (unpaired) electrons. The standard InChI is InChI=1S/C18H18N4O3/c1-12-4-6-14(7-5-12)10-20-15(23)11-25-18(24)16-13(2)21-22-9-3-8-19-17(16)22/h3-9H,10-11H2,1-2H3,(H,20,23). The fourth-order valence-corrected chi connectivity index (χ4v) is 2.40. The smallest absolute Gasteiger partial charge is 0.344 e. The Kier molecular flexibility index (Phi) is 4.74. The largest absolute Gasteiger partial charge is 0.452 e. The summed E-state index contributed by atoms with van der Waals surface area (Å²) in [6, 6.07) is 9.54. The van der Waals surface area contributed by atoms with Crippen LogP contribution in [0.2, 0.25) is 0 Å². The summed E-state index contributed by atoms with van der Waals surface area (Å²) in [7, 11) is 0. The lowest BCUT2D eigenvalue weighted by molar-refractivity contribution is -0.124. The first kappa shape index (κ1) is 16.6. The average molecular weight is 338 g/mol. The molecule has 1 amide bonds. The van der Waals surface area contributed by atoms with E-state index in [0.717, 1.165) is 11.1 Å². The summed E-state index contributed by atoms with van der Waals surface area (Å²) in [5, 5.41) is 6.92. The lowest BCUT2D eigenvalue weighted by Gasteiger charge is -2.07. The first-order valence-corrected chi connectivity index (χ1v) is 7.84. The maximum atomic E-state index is 12.3. The zero-order valence-corrected chi connectivity index (χ0v) is 14.0. The van der Waals surface area contributed by atoms with Crippen molar-refractivity contribution in [1.29, 1.82) is 0 Å². The Morgan fingerprint density at radius 3 is 2.72 bits per heavy atom. The number of esters is 1. The van der Waals surface area contributed by atoms with Crippen molar-refractivity contribution in [1.82, 2.24) is 19.9 Å². The molecule has 2 heterocycles. The van der Waals surface area contributed by atoms with Crippen LogP contribution in [0.1, 0.15) is 27.2 Å². The number of ether oxygens (including phenoxy) is 1. The number of benzene rings is 1. The predicted molar refractivity (Wildman–Crippen MR) is 91.0 cm³/mol. The Labute approximate surface area is 144 Å². The number of amides is 1. The quantitative estimate of drug-likeness (QED) is 0.717. The number of hydrogen-bond donors (Lipinski definition) is 1. The van der Waals surface area contributed by atoms with Gasteiger partial charge in [-0.25, -0.2) is 14.3 Å². The number of hydrogen-bond acceptors (Lipinski definition) is 5. The van der Waals surface area contributed by atoms with Crippen LogP contribution < -0.4 is 5.32 Å². The maximum Gasteiger partial charge on any atom is 0.344 e. The molecule has 0 aliphatic heterocycles. The highest BCUT2D eigenvalue weighted by Gasteiger charge is 2.20. The zero-order valence-electron chi connectivity index (χ0n) is 14.0. The minimum absolute atomic E-state index is 0.270. The summed E-state index contributed by atoms with van der Waals surface area (Å²) in [5.41, 5.74) is 3.31. The van der Waals surface area contributed by atoms with Gasteiger partial charge in [0, 0.05) is 18.9 Å². The van der Waals surface area contributed by atoms with E-state index in [1.807, 2.05) is 31.2 Å². The van der Waals surface area contributed by atoms with Crippen molar-refractivity contribution in [3.63, 3.8) is 0 Å². The number of nitrogens with zero attached hydrogens (tertiary/aromatic N) is 3. The number of carbonyl (C=O) groups excluding carboxylic acids is 2. The molecule has 25 heavy (non-hydrogen) atoms. The van der Waals surface area contributed by atoms with Crippen molar-refractivity contribution in [2.75, 3.05) is 6.61 Å². The highest BCUT2D eigenvalue weighted by Crippen LogP contribution is 2.13. The number of fused-ring (bicyclic) bond motifs is 1. The van der Waals surface area contributed by atoms with E-state index >= 15 is 0 Å². The van der Waals surface area contributed by atoms with Gasteiger partial charge >= 0.3 is 5.97 Å². The molecule has 3 aromatic rings. The number of carbonyl (C=O) groups is 2. The molecule has 0 spiro atoms. The molecule has 7 nitrogen and oxygen atoms in total. The van der Waals surface area contributed by atoms with Gasteiger partial charge in [0.25, 0.3) is 5.91 Å². The highest BCUT2D eigenvalue weighted by molar-refractivity contribution is 5.98. The summed E-state index contributed by atoms with van der Waals surface area (Å²) in [6.45, 7) is 3.73. The van der Waals surface area contributed by atoms with Gasteiger partial charge in [0.15, 0.2) is 12.3 Å². The molecule has 7 heteroatoms. The molecule has 0 fully saturated rings. The third kappa shape index (κ3) is 3.82. The molecule has 0 saturated carbocycles. The number of aromatic nitrogens is 3. The van der Waals surface area contributed by atoms with Crippen molar-refractivity contribution in [2.24, 2.45) is 0 Å². The van der Waals surface area contributed by atoms with Gasteiger partial charge in [-0.15, -0.1) is 0 Å². The first-order chi connectivity index (χ1) is 12.0. The van der Waals surface area contributed by atoms with E-state index in [0.29, 0.717) is 17.9 Å². The van der Waals surface area contributed by atoms with Crippen LogP contribution in [0.25, 0.3) is 5.65 Å². The van der Waals surface area contributed by atoms with Crippen LogP contribution in [0.5, 0.6) is 0 Å². The zero-order chi connectivity index (χ0) is 17.8. The van der Waals surface area contributed by atoms with Gasteiger partial charge in [-0.2, -0.15) is 5.10 Å². The fraction of sp³-hybridized carbons (Fsp3) is 0.222. The van der Waals surface area contributed by atoms with Gasteiger partial charge in [0.1, 0.15) is 5.56 Å². The van der Waals surface area contributed by atoms with E-state index in [1.54, 1.807) is 25.4 Å². The third-order valence-electron chi connectivity index (χ3n) is 3.72. The molecule has 0 bridgehead atoms. The molecule has 1 aromatic carbocycles. The average Bonchev–Trinajstić information content (AvgIpc) is 2.95. The van der Waals surface area contributed by atoms with E-state index in [1.165, 1.54) is 4.52 Å². The van der Waals surface area contributed by atoms with E-state index in [9.17, 15) is 9.59 Å². The van der Waals surface area contributed by atoms with Gasteiger partial charge < -0.3 is 10.1 Å². The Hall–Kier alpha value is -3.22. The van der Waals surface area contributed by atoms with E-state index in [4.69, 9.17) is 4.74 Å². The van der Waals surface area contributed by atoms with Crippen LogP contribution in [0.15, 0.2) is 42.7 Å². The van der Waals surface area contributed by atoms with Gasteiger partial charge in [0.05, 0.1) is 5.69 Å². The van der Waals surface area contributed by atoms with Crippen molar-refractivity contribution < 1.29 is 14.3 Å². The molecular weight excluding hydrogens is 320 g/mol. The molecule has 3 rings (SSSR count). The molecule has 0 aliphatic rings. The van der Waals surface area contributed by atoms with Gasteiger partial charge in [-0.1, -0.05) is 29.8 Å². The Morgan fingerprint density at radius 1 is 1.20 bits per heavy atom. The molecule has 0 unspecified atom stereocenters. The highest BCUT2D eigenvalue weighted by atomic mass is 16.5. The minimum atomic E-state index is -0.614. The van der Waals surface area contributed by atoms with Crippen LogP contribution in [-0.2, 0) is 16.1 Å². The Balaban J connectivity index is 1.57. The third-order valence-corrected chi connectivity index (χ3v) is 3.72. The van der Waals surface area contributed by atoms with Crippen LogP contribution in [-0.4, -0.2) is 33.1 Å². The summed E-state index contributed by atoms with van der Waals surface area (Å²) < 4.78 is 6.60. The molecular formula is C18H18N4O3. The number of nitrogens with one attached hydrogen (secondary N) is 1. The summed E-state index contributed by atoms with van der Waals surface area (Å²) in [6.07, 6.45) is 3.27. The molecule has 1 N–H and O–H groups in total. The Bertz CT molecular complexity index is 916. The van der Waals surface area contributed by atoms with Crippen molar-refractivity contribution in [2.45, 2.75) is 20.4 Å². The lowest BCUT2D eigenvalue weighted by atomic mass is 10.1. The normalized spacial score (nSPS) is 10.6. The summed E-state index contributed by atoms with van der Waals surface area (Å²) >= 11 is 0. The second-order valence-corrected chi connectivity index (χ2v) is 5.69. The minimum Gasteiger partial charge on any atom is -0.452 e. The second kappa shape index (κ2) is 7.12. The number of aryl methyl sites for hydroxylation is 2. The summed E-state index contributed by atoms with van der Waals surface area (Å²) in [4.78, 5) is 28.3. The molecule has 2 aromatic heterocycles. The predicted octanol–water partition coefficient (Wildman–Crippen LogP) is 1.82. The SMILES string of the molecule is Cc1ccc(CNC(=O)COC(=O)c2c(C)nn3cccnc23)cc1. The monoisotopic (exact) mass is 338 g/mol. The fourth-order valence-electron chi connectivity index (χ4n) is 2.40. The van der Waals surface area contributed by atoms with E-state index in [-0.39, 0.29) is 18.1 Å². The van der Waals surface area contributed by atoms with E-state index in [2.05, 4.69) is 15.4 Å². The van der Waals surface area contributed by atoms with E-state index < -0.39 is 5.97 Å². The van der Waals surface area contributed by atoms with Crippen molar-refractivity contribution >= 4 is 17.5 Å². The molecule has 128 valence electrons. The molecule has 0 aliphatic carbocycles. The van der Waals surface area contributed by atoms with Gasteiger partial charge in [-0.05, 0) is 25.5 Å². The van der Waals surface area contributed by atoms with Crippen LogP contribution >= 0.6 is 0 Å². The van der Waals surface area contributed by atoms with Crippen LogP contribution in [0.4, 0.5) is 0 Å². The number of rotatable bonds is 5. The lowest BCUT2D eigenvalue weighted by Crippen LogP contribution is -2.28. The van der Waals surface area contributed by atoms with Gasteiger partial charge in [0.2, 0.25) is 0 Å². The van der Waals surface area contributed by atoms with Crippen LogP contribution in [0, 0.1) is 13.8 Å². The van der Waals surface area contributed by atoms with Crippen molar-refractivity contribution in [3.8, 4) is 0 Å². The summed E-state index contributed by atoms with van der Waals surface area (Å²) in [5.74, 6) is -0.979. The first-order valence-electron chi connectivity index (χ1n) is 7.84. The Morgan fingerprint density at radius 2 is 1.96 bits per heavy atom. The topological polar surface area (TPSA) is 85.6 Å². The van der Waals surface area contributed by atoms with Gasteiger partial charge in [-0.3, -0.25) is 4.79 Å². The molecule has 0 saturated heterocycles. The molecule has 0 atom stereocenters. The maximum absolute atomic E-state index is 12.3. The second-order valence-electron chi connectivity index (χ2n) is 5.69. The van der Waals surface area contributed by atoms with Crippen molar-refractivity contribution in [3.05, 3.63) is 65.1 Å².